The van der Waals surface area contributed by atoms with E-state index in [0.29, 0.717) is 22.5 Å². The number of rotatable bonds is 3. The smallest absolute Gasteiger partial charge is 0.269 e. The molecule has 2 aromatic rings. The Hall–Kier alpha value is -2.16. The fraction of sp³-hybridized carbons (Fsp3) is 0.188. The van der Waals surface area contributed by atoms with Crippen molar-refractivity contribution in [2.75, 3.05) is 18.6 Å². The number of halogens is 1. The van der Waals surface area contributed by atoms with Crippen LogP contribution in [0.2, 0.25) is 0 Å². The van der Waals surface area contributed by atoms with Gasteiger partial charge in [-0.05, 0) is 29.6 Å². The second-order valence-electron chi connectivity index (χ2n) is 4.28. The number of carbonyl (C=O) groups excluding carboxylic acids is 1. The molecule has 0 radical (unpaired) electrons. The average molecular weight is 303 g/mol. The van der Waals surface area contributed by atoms with Gasteiger partial charge >= 0.3 is 0 Å². The number of anilines is 1. The second kappa shape index (κ2) is 7.02. The van der Waals surface area contributed by atoms with Crippen LogP contribution in [0.1, 0.15) is 21.7 Å². The number of aliphatic hydroxyl groups is 1. The van der Waals surface area contributed by atoms with E-state index in [0.717, 1.165) is 0 Å². The van der Waals surface area contributed by atoms with Crippen molar-refractivity contribution >= 4 is 22.9 Å². The van der Waals surface area contributed by atoms with Crippen molar-refractivity contribution in [3.63, 3.8) is 0 Å². The van der Waals surface area contributed by atoms with E-state index in [9.17, 15) is 9.18 Å². The van der Waals surface area contributed by atoms with E-state index in [1.165, 1.54) is 28.4 Å². The zero-order valence-electron chi connectivity index (χ0n) is 11.5. The molecule has 0 bridgehead atoms. The predicted molar refractivity (Wildman–Crippen MR) is 82.0 cm³/mol. The van der Waals surface area contributed by atoms with E-state index >= 15 is 0 Å². The topological polar surface area (TPSA) is 40.5 Å². The van der Waals surface area contributed by atoms with Gasteiger partial charge < -0.3 is 10.0 Å². The van der Waals surface area contributed by atoms with Crippen LogP contribution in [0.5, 0.6) is 0 Å². The minimum Gasteiger partial charge on any atom is -0.395 e. The summed E-state index contributed by atoms with van der Waals surface area (Å²) in [5.74, 6) is 5.05. The van der Waals surface area contributed by atoms with E-state index < -0.39 is 0 Å². The van der Waals surface area contributed by atoms with Gasteiger partial charge in [0.1, 0.15) is 10.7 Å². The lowest BCUT2D eigenvalue weighted by Gasteiger charge is -2.16. The quantitative estimate of drug-likeness (QED) is 0.886. The van der Waals surface area contributed by atoms with Crippen molar-refractivity contribution in [1.29, 1.82) is 0 Å². The lowest BCUT2D eigenvalue weighted by molar-refractivity contribution is 0.0996. The standard InChI is InChI=1S/C16H14FNO2S/c1-18(14-7-4-6-13(17)11-14)16(20)15-12(8-10-21-15)5-2-3-9-19/h4,6-8,10-11,19H,3,9H2,1H3. The molecule has 1 N–H and O–H groups in total. The molecule has 5 heteroatoms. The van der Waals surface area contributed by atoms with Crippen molar-refractivity contribution in [3.05, 3.63) is 52.0 Å². The summed E-state index contributed by atoms with van der Waals surface area (Å²) < 4.78 is 13.2. The van der Waals surface area contributed by atoms with Crippen LogP contribution in [-0.4, -0.2) is 24.7 Å². The Morgan fingerprint density at radius 2 is 2.24 bits per heavy atom. The summed E-state index contributed by atoms with van der Waals surface area (Å²) in [6, 6.07) is 7.64. The van der Waals surface area contributed by atoms with Crippen LogP contribution in [-0.2, 0) is 0 Å². The summed E-state index contributed by atoms with van der Waals surface area (Å²) in [4.78, 5) is 14.4. The van der Waals surface area contributed by atoms with Crippen molar-refractivity contribution in [3.8, 4) is 11.8 Å². The molecule has 21 heavy (non-hydrogen) atoms. The fourth-order valence-electron chi connectivity index (χ4n) is 1.74. The first-order valence-electron chi connectivity index (χ1n) is 6.34. The van der Waals surface area contributed by atoms with Gasteiger partial charge in [0, 0.05) is 24.7 Å². The molecule has 2 rings (SSSR count). The molecule has 3 nitrogen and oxygen atoms in total. The maximum absolute atomic E-state index is 13.2. The van der Waals surface area contributed by atoms with Crippen molar-refractivity contribution < 1.29 is 14.3 Å². The SMILES string of the molecule is CN(C(=O)c1sccc1C#CCCO)c1cccc(F)c1. The van der Waals surface area contributed by atoms with Crippen LogP contribution < -0.4 is 4.90 Å². The number of thiophene rings is 1. The number of aliphatic hydroxyl groups excluding tert-OH is 1. The molecule has 0 atom stereocenters. The van der Waals surface area contributed by atoms with E-state index in [4.69, 9.17) is 5.11 Å². The highest BCUT2D eigenvalue weighted by molar-refractivity contribution is 7.12. The van der Waals surface area contributed by atoms with Gasteiger partial charge in [0.2, 0.25) is 0 Å². The molecule has 1 amide bonds. The molecule has 0 unspecified atom stereocenters. The Balaban J connectivity index is 2.25. The van der Waals surface area contributed by atoms with Crippen molar-refractivity contribution in [1.82, 2.24) is 0 Å². The maximum atomic E-state index is 13.2. The number of hydrogen-bond donors (Lipinski definition) is 1. The normalized spacial score (nSPS) is 9.86. The highest BCUT2D eigenvalue weighted by Crippen LogP contribution is 2.22. The molecular formula is C16H14FNO2S. The third-order valence-electron chi connectivity index (χ3n) is 2.82. The summed E-state index contributed by atoms with van der Waals surface area (Å²) in [7, 11) is 1.60. The van der Waals surface area contributed by atoms with E-state index in [1.54, 1.807) is 30.6 Å². The molecule has 108 valence electrons. The fourth-order valence-corrected chi connectivity index (χ4v) is 2.57. The predicted octanol–water partition coefficient (Wildman–Crippen LogP) is 2.90. The molecule has 1 heterocycles. The molecule has 0 aliphatic heterocycles. The third-order valence-corrected chi connectivity index (χ3v) is 3.72. The van der Waals surface area contributed by atoms with Crippen LogP contribution in [0.15, 0.2) is 35.7 Å². The van der Waals surface area contributed by atoms with E-state index in [1.807, 2.05) is 0 Å². The molecule has 1 aromatic heterocycles. The zero-order chi connectivity index (χ0) is 15.2. The van der Waals surface area contributed by atoms with Crippen LogP contribution in [0.3, 0.4) is 0 Å². The molecule has 0 saturated heterocycles. The van der Waals surface area contributed by atoms with Gasteiger partial charge in [-0.2, -0.15) is 0 Å². The lowest BCUT2D eigenvalue weighted by Crippen LogP contribution is -2.26. The number of nitrogens with zero attached hydrogens (tertiary/aromatic N) is 1. The molecule has 0 fully saturated rings. The lowest BCUT2D eigenvalue weighted by atomic mass is 10.2. The van der Waals surface area contributed by atoms with Gasteiger partial charge in [0.15, 0.2) is 0 Å². The maximum Gasteiger partial charge on any atom is 0.269 e. The summed E-state index contributed by atoms with van der Waals surface area (Å²) in [5, 5.41) is 10.5. The molecular weight excluding hydrogens is 289 g/mol. The van der Waals surface area contributed by atoms with Gasteiger partial charge in [-0.1, -0.05) is 17.9 Å². The summed E-state index contributed by atoms with van der Waals surface area (Å²) in [6.07, 6.45) is 0.364. The highest BCUT2D eigenvalue weighted by atomic mass is 32.1. The summed E-state index contributed by atoms with van der Waals surface area (Å²) >= 11 is 1.29. The number of hydrogen-bond acceptors (Lipinski definition) is 3. The van der Waals surface area contributed by atoms with Crippen LogP contribution in [0, 0.1) is 17.7 Å². The summed E-state index contributed by atoms with van der Waals surface area (Å²) in [5.41, 5.74) is 1.12. The van der Waals surface area contributed by atoms with Gasteiger partial charge in [-0.3, -0.25) is 4.79 Å². The number of benzene rings is 1. The molecule has 0 aliphatic carbocycles. The zero-order valence-corrected chi connectivity index (χ0v) is 12.3. The largest absolute Gasteiger partial charge is 0.395 e. The molecule has 1 aromatic carbocycles. The molecule has 0 aliphatic rings. The first-order chi connectivity index (χ1) is 10.1. The van der Waals surface area contributed by atoms with E-state index in [2.05, 4.69) is 11.8 Å². The number of amides is 1. The minimum atomic E-state index is -0.388. The average Bonchev–Trinajstić information content (AvgIpc) is 2.94. The first kappa shape index (κ1) is 15.2. The Morgan fingerprint density at radius 3 is 2.95 bits per heavy atom. The van der Waals surface area contributed by atoms with Gasteiger partial charge in [0.25, 0.3) is 5.91 Å². The van der Waals surface area contributed by atoms with Crippen molar-refractivity contribution in [2.24, 2.45) is 0 Å². The van der Waals surface area contributed by atoms with Crippen LogP contribution in [0.4, 0.5) is 10.1 Å². The number of carbonyl (C=O) groups is 1. The van der Waals surface area contributed by atoms with Gasteiger partial charge in [-0.25, -0.2) is 4.39 Å². The first-order valence-corrected chi connectivity index (χ1v) is 7.22. The van der Waals surface area contributed by atoms with E-state index in [-0.39, 0.29) is 18.3 Å². The third kappa shape index (κ3) is 3.69. The Morgan fingerprint density at radius 1 is 1.43 bits per heavy atom. The summed E-state index contributed by atoms with van der Waals surface area (Å²) in [6.45, 7) is -0.0103. The van der Waals surface area contributed by atoms with Crippen LogP contribution >= 0.6 is 11.3 Å². The van der Waals surface area contributed by atoms with Crippen LogP contribution in [0.25, 0.3) is 0 Å². The monoisotopic (exact) mass is 303 g/mol. The molecule has 0 saturated carbocycles. The second-order valence-corrected chi connectivity index (χ2v) is 5.20. The van der Waals surface area contributed by atoms with Gasteiger partial charge in [0.05, 0.1) is 6.61 Å². The Bertz CT molecular complexity index is 700. The molecule has 0 spiro atoms. The minimum absolute atomic E-state index is 0.0103. The Kier molecular flexibility index (Phi) is 5.09. The highest BCUT2D eigenvalue weighted by Gasteiger charge is 2.18. The van der Waals surface area contributed by atoms with Crippen molar-refractivity contribution in [2.45, 2.75) is 6.42 Å². The Labute approximate surface area is 126 Å². The van der Waals surface area contributed by atoms with Gasteiger partial charge in [-0.15, -0.1) is 11.3 Å².